The molecule has 0 fully saturated rings. The Bertz CT molecular complexity index is 335. The van der Waals surface area contributed by atoms with Gasteiger partial charge in [-0.3, -0.25) is 9.69 Å². The van der Waals surface area contributed by atoms with E-state index in [-0.39, 0.29) is 25.6 Å². The molecule has 1 amide bonds. The van der Waals surface area contributed by atoms with Gasteiger partial charge >= 0.3 is 0 Å². The summed E-state index contributed by atoms with van der Waals surface area (Å²) < 4.78 is 24.9. The van der Waals surface area contributed by atoms with Crippen molar-refractivity contribution in [1.29, 1.82) is 0 Å². The number of aliphatic hydroxyl groups excluding tert-OH is 1. The van der Waals surface area contributed by atoms with Gasteiger partial charge in [-0.25, -0.2) is 8.78 Å². The van der Waals surface area contributed by atoms with Crippen molar-refractivity contribution in [2.45, 2.75) is 39.0 Å². The number of carbonyl (C=O) groups excluding carboxylic acids is 1. The zero-order chi connectivity index (χ0) is 15.0. The van der Waals surface area contributed by atoms with Crippen LogP contribution >= 0.6 is 0 Å². The molecule has 1 aliphatic carbocycles. The van der Waals surface area contributed by atoms with Gasteiger partial charge in [0.15, 0.2) is 0 Å². The molecule has 0 spiro atoms. The molecule has 4 nitrogen and oxygen atoms in total. The molecule has 0 aliphatic heterocycles. The number of halogens is 2. The lowest BCUT2D eigenvalue weighted by atomic mass is 10.0. The van der Waals surface area contributed by atoms with Gasteiger partial charge in [-0.2, -0.15) is 0 Å². The normalized spacial score (nSPS) is 15.6. The first kappa shape index (κ1) is 17.0. The smallest absolute Gasteiger partial charge is 0.251 e. The molecule has 0 unspecified atom stereocenters. The first-order valence-corrected chi connectivity index (χ1v) is 7.19. The van der Waals surface area contributed by atoms with Crippen LogP contribution in [0.25, 0.3) is 0 Å². The number of carbonyl (C=O) groups is 1. The summed E-state index contributed by atoms with van der Waals surface area (Å²) in [4.78, 5) is 15.2. The van der Waals surface area contributed by atoms with Gasteiger partial charge in [0.2, 0.25) is 5.91 Å². The number of allylic oxidation sites excluding steroid dienone is 2. The predicted octanol–water partition coefficient (Wildman–Crippen LogP) is 1.85. The monoisotopic (exact) mass is 290 g/mol. The Morgan fingerprint density at radius 3 is 2.70 bits per heavy atom. The molecule has 1 rings (SSSR count). The van der Waals surface area contributed by atoms with Gasteiger partial charge < -0.3 is 10.0 Å². The van der Waals surface area contributed by atoms with Crippen molar-refractivity contribution < 1.29 is 18.7 Å². The second kappa shape index (κ2) is 9.02. The summed E-state index contributed by atoms with van der Waals surface area (Å²) in [5.74, 6) is -0.172. The summed E-state index contributed by atoms with van der Waals surface area (Å²) in [7, 11) is 0. The average Bonchev–Trinajstić information content (AvgIpc) is 2.40. The number of hydrogen-bond donors (Lipinski definition) is 1. The Hall–Kier alpha value is -1.01. The van der Waals surface area contributed by atoms with Crippen LogP contribution in [0, 0.1) is 0 Å². The van der Waals surface area contributed by atoms with E-state index in [0.717, 1.165) is 31.4 Å². The number of nitrogens with zero attached hydrogens (tertiary/aromatic N) is 2. The van der Waals surface area contributed by atoms with Crippen LogP contribution in [0.5, 0.6) is 0 Å². The number of aliphatic hydroxyl groups is 1. The van der Waals surface area contributed by atoms with Gasteiger partial charge in [-0.15, -0.1) is 0 Å². The third-order valence-corrected chi connectivity index (χ3v) is 3.40. The molecule has 0 radical (unpaired) electrons. The zero-order valence-electron chi connectivity index (χ0n) is 12.0. The van der Waals surface area contributed by atoms with E-state index in [9.17, 15) is 13.6 Å². The highest BCUT2D eigenvalue weighted by molar-refractivity contribution is 5.80. The van der Waals surface area contributed by atoms with Crippen LogP contribution in [0.4, 0.5) is 8.78 Å². The van der Waals surface area contributed by atoms with Gasteiger partial charge in [0.05, 0.1) is 19.7 Å². The van der Waals surface area contributed by atoms with E-state index in [4.69, 9.17) is 5.11 Å². The van der Waals surface area contributed by atoms with E-state index in [0.29, 0.717) is 6.54 Å². The first-order chi connectivity index (χ1) is 9.58. The minimum absolute atomic E-state index is 0.0733. The average molecular weight is 290 g/mol. The Balaban J connectivity index is 2.62. The first-order valence-electron chi connectivity index (χ1n) is 7.19. The third kappa shape index (κ3) is 5.54. The molecule has 0 aromatic carbocycles. The summed E-state index contributed by atoms with van der Waals surface area (Å²) in [6.45, 7) is 1.74. The molecule has 0 heterocycles. The maximum Gasteiger partial charge on any atom is 0.251 e. The molecule has 1 N–H and O–H groups in total. The maximum atomic E-state index is 12.4. The Labute approximate surface area is 119 Å². The quantitative estimate of drug-likeness (QED) is 0.742. The highest BCUT2D eigenvalue weighted by Crippen LogP contribution is 2.21. The van der Waals surface area contributed by atoms with Gasteiger partial charge in [-0.1, -0.05) is 6.08 Å². The number of rotatable bonds is 8. The van der Waals surface area contributed by atoms with Gasteiger partial charge in [0.1, 0.15) is 0 Å². The zero-order valence-corrected chi connectivity index (χ0v) is 12.0. The van der Waals surface area contributed by atoms with E-state index in [1.54, 1.807) is 4.90 Å². The van der Waals surface area contributed by atoms with E-state index in [2.05, 4.69) is 6.08 Å². The summed E-state index contributed by atoms with van der Waals surface area (Å²) >= 11 is 0. The molecular weight excluding hydrogens is 266 g/mol. The fourth-order valence-electron chi connectivity index (χ4n) is 2.45. The van der Waals surface area contributed by atoms with Crippen molar-refractivity contribution in [1.82, 2.24) is 9.80 Å². The Morgan fingerprint density at radius 2 is 2.20 bits per heavy atom. The van der Waals surface area contributed by atoms with E-state index in [1.807, 2.05) is 6.92 Å². The van der Waals surface area contributed by atoms with Crippen LogP contribution in [0.2, 0.25) is 0 Å². The highest BCUT2D eigenvalue weighted by atomic mass is 19.3. The number of amides is 1. The maximum absolute atomic E-state index is 12.4. The molecule has 6 heteroatoms. The third-order valence-electron chi connectivity index (χ3n) is 3.40. The van der Waals surface area contributed by atoms with Crippen LogP contribution in [0.15, 0.2) is 11.8 Å². The lowest BCUT2D eigenvalue weighted by Gasteiger charge is -2.29. The lowest BCUT2D eigenvalue weighted by molar-refractivity contribution is -0.131. The molecule has 0 bridgehead atoms. The van der Waals surface area contributed by atoms with E-state index >= 15 is 0 Å². The van der Waals surface area contributed by atoms with Crippen LogP contribution in [-0.2, 0) is 4.79 Å². The molecule has 0 saturated heterocycles. The number of likely N-dealkylation sites (N-methyl/N-ethyl adjacent to an activating group) is 1. The van der Waals surface area contributed by atoms with Crippen molar-refractivity contribution in [2.24, 2.45) is 0 Å². The molecule has 116 valence electrons. The van der Waals surface area contributed by atoms with Crippen LogP contribution in [0.1, 0.15) is 32.6 Å². The summed E-state index contributed by atoms with van der Waals surface area (Å²) in [5, 5.41) is 8.88. The van der Waals surface area contributed by atoms with Crippen LogP contribution in [-0.4, -0.2) is 60.0 Å². The molecular formula is C14H24F2N2O2. The SMILES string of the molecule is CCN(C(=O)CN(CCO)CC(F)F)C1=CCCCC1. The fourth-order valence-corrected chi connectivity index (χ4v) is 2.45. The van der Waals surface area contributed by atoms with Crippen molar-refractivity contribution in [2.75, 3.05) is 32.8 Å². The largest absolute Gasteiger partial charge is 0.395 e. The lowest BCUT2D eigenvalue weighted by Crippen LogP contribution is -2.42. The topological polar surface area (TPSA) is 43.8 Å². The second-order valence-electron chi connectivity index (χ2n) is 4.93. The van der Waals surface area contributed by atoms with Crippen molar-refractivity contribution >= 4 is 5.91 Å². The molecule has 0 aromatic rings. The standard InChI is InChI=1S/C14H24F2N2O2/c1-2-18(12-6-4-3-5-7-12)14(20)11-17(8-9-19)10-13(15)16/h6,13,19H,2-5,7-11H2,1H3. The second-order valence-corrected chi connectivity index (χ2v) is 4.93. The van der Waals surface area contributed by atoms with Crippen molar-refractivity contribution in [3.8, 4) is 0 Å². The molecule has 0 saturated carbocycles. The van der Waals surface area contributed by atoms with Gasteiger partial charge in [-0.05, 0) is 32.6 Å². The molecule has 20 heavy (non-hydrogen) atoms. The molecule has 0 aromatic heterocycles. The van der Waals surface area contributed by atoms with Gasteiger partial charge in [0.25, 0.3) is 6.43 Å². The van der Waals surface area contributed by atoms with Crippen molar-refractivity contribution in [3.05, 3.63) is 11.8 Å². The predicted molar refractivity (Wildman–Crippen MR) is 73.5 cm³/mol. The van der Waals surface area contributed by atoms with E-state index < -0.39 is 13.0 Å². The summed E-state index contributed by atoms with van der Waals surface area (Å²) in [5.41, 5.74) is 1.00. The molecule has 1 aliphatic rings. The number of hydrogen-bond acceptors (Lipinski definition) is 3. The highest BCUT2D eigenvalue weighted by Gasteiger charge is 2.21. The minimum Gasteiger partial charge on any atom is -0.395 e. The van der Waals surface area contributed by atoms with E-state index in [1.165, 1.54) is 4.90 Å². The van der Waals surface area contributed by atoms with Crippen LogP contribution in [0.3, 0.4) is 0 Å². The Morgan fingerprint density at radius 1 is 1.45 bits per heavy atom. The summed E-state index contributed by atoms with van der Waals surface area (Å²) in [6, 6.07) is 0. The summed E-state index contributed by atoms with van der Waals surface area (Å²) in [6.07, 6.45) is 3.60. The van der Waals surface area contributed by atoms with Crippen molar-refractivity contribution in [3.63, 3.8) is 0 Å². The number of alkyl halides is 2. The Kier molecular flexibility index (Phi) is 7.69. The molecule has 0 atom stereocenters. The fraction of sp³-hybridized carbons (Fsp3) is 0.786. The van der Waals surface area contributed by atoms with Gasteiger partial charge in [0, 0.05) is 18.8 Å². The van der Waals surface area contributed by atoms with Crippen LogP contribution < -0.4 is 0 Å². The minimum atomic E-state index is -2.50.